The van der Waals surface area contributed by atoms with Gasteiger partial charge in [0, 0.05) is 12.1 Å². The predicted molar refractivity (Wildman–Crippen MR) is 86.3 cm³/mol. The fourth-order valence-electron chi connectivity index (χ4n) is 2.10. The van der Waals surface area contributed by atoms with E-state index in [1.807, 2.05) is 43.3 Å². The Hall–Kier alpha value is -2.82. The van der Waals surface area contributed by atoms with Gasteiger partial charge in [-0.25, -0.2) is 4.79 Å². The van der Waals surface area contributed by atoms with Crippen LogP contribution in [0.3, 0.4) is 0 Å². The molecule has 0 aliphatic carbocycles. The number of hydrogen-bond acceptors (Lipinski definition) is 4. The van der Waals surface area contributed by atoms with Crippen LogP contribution in [0.2, 0.25) is 0 Å². The zero-order chi connectivity index (χ0) is 16.7. The highest BCUT2D eigenvalue weighted by Crippen LogP contribution is 2.16. The van der Waals surface area contributed by atoms with Crippen LogP contribution < -0.4 is 10.1 Å². The Labute approximate surface area is 135 Å². The number of ether oxygens (including phenoxy) is 2. The third-order valence-electron chi connectivity index (χ3n) is 3.37. The third-order valence-corrected chi connectivity index (χ3v) is 3.37. The van der Waals surface area contributed by atoms with E-state index in [-0.39, 0.29) is 12.5 Å². The highest BCUT2D eigenvalue weighted by atomic mass is 16.5. The lowest BCUT2D eigenvalue weighted by molar-refractivity contribution is -0.124. The smallest absolute Gasteiger partial charge is 0.338 e. The first-order valence-electron chi connectivity index (χ1n) is 7.23. The second kappa shape index (κ2) is 7.98. The zero-order valence-corrected chi connectivity index (χ0v) is 13.2. The second-order valence-corrected chi connectivity index (χ2v) is 4.98. The van der Waals surface area contributed by atoms with E-state index in [0.717, 1.165) is 11.1 Å². The van der Waals surface area contributed by atoms with Gasteiger partial charge in [-0.3, -0.25) is 4.79 Å². The van der Waals surface area contributed by atoms with Crippen molar-refractivity contribution in [2.24, 2.45) is 0 Å². The van der Waals surface area contributed by atoms with E-state index in [1.165, 1.54) is 0 Å². The maximum atomic E-state index is 11.9. The molecule has 0 aliphatic heterocycles. The summed E-state index contributed by atoms with van der Waals surface area (Å²) in [5.41, 5.74) is 2.13. The van der Waals surface area contributed by atoms with Crippen LogP contribution in [0, 0.1) is 6.92 Å². The molecule has 0 atom stereocenters. The van der Waals surface area contributed by atoms with Crippen molar-refractivity contribution in [2.45, 2.75) is 13.5 Å². The molecule has 23 heavy (non-hydrogen) atoms. The standard InChI is InChI=1S/C18H19NO4/c1-13-7-3-5-9-15(13)18(21)23-12-17(20)19-11-14-8-4-6-10-16(14)22-2/h3-10H,11-12H2,1-2H3,(H,19,20). The Morgan fingerprint density at radius 3 is 2.48 bits per heavy atom. The fraction of sp³-hybridized carbons (Fsp3) is 0.222. The van der Waals surface area contributed by atoms with E-state index in [1.54, 1.807) is 19.2 Å². The topological polar surface area (TPSA) is 64.6 Å². The molecule has 2 rings (SSSR count). The molecule has 0 aromatic heterocycles. The largest absolute Gasteiger partial charge is 0.496 e. The molecule has 0 saturated carbocycles. The second-order valence-electron chi connectivity index (χ2n) is 4.98. The van der Waals surface area contributed by atoms with Crippen molar-refractivity contribution in [1.29, 1.82) is 0 Å². The maximum absolute atomic E-state index is 11.9. The number of carbonyl (C=O) groups is 2. The van der Waals surface area contributed by atoms with Crippen molar-refractivity contribution in [1.82, 2.24) is 5.32 Å². The molecule has 5 heteroatoms. The first-order chi connectivity index (χ1) is 11.1. The van der Waals surface area contributed by atoms with Crippen LogP contribution in [-0.2, 0) is 16.1 Å². The first-order valence-corrected chi connectivity index (χ1v) is 7.23. The molecule has 5 nitrogen and oxygen atoms in total. The van der Waals surface area contributed by atoms with Gasteiger partial charge in [-0.2, -0.15) is 0 Å². The lowest BCUT2D eigenvalue weighted by Crippen LogP contribution is -2.28. The predicted octanol–water partition coefficient (Wildman–Crippen LogP) is 2.48. The summed E-state index contributed by atoms with van der Waals surface area (Å²) in [5.74, 6) is -0.168. The number of para-hydroxylation sites is 1. The molecular weight excluding hydrogens is 294 g/mol. The highest BCUT2D eigenvalue weighted by Gasteiger charge is 2.12. The highest BCUT2D eigenvalue weighted by molar-refractivity contribution is 5.92. The number of amides is 1. The fourth-order valence-corrected chi connectivity index (χ4v) is 2.10. The van der Waals surface area contributed by atoms with E-state index in [2.05, 4.69) is 5.32 Å². The summed E-state index contributed by atoms with van der Waals surface area (Å²) in [6.45, 7) is 1.81. The van der Waals surface area contributed by atoms with Crippen LogP contribution in [-0.4, -0.2) is 25.6 Å². The van der Waals surface area contributed by atoms with Gasteiger partial charge in [0.25, 0.3) is 5.91 Å². The molecule has 0 radical (unpaired) electrons. The maximum Gasteiger partial charge on any atom is 0.338 e. The molecule has 2 aromatic rings. The number of esters is 1. The van der Waals surface area contributed by atoms with Gasteiger partial charge in [0.05, 0.1) is 12.7 Å². The average molecular weight is 313 g/mol. The number of aryl methyl sites for hydroxylation is 1. The van der Waals surface area contributed by atoms with Crippen molar-refractivity contribution >= 4 is 11.9 Å². The van der Waals surface area contributed by atoms with E-state index in [0.29, 0.717) is 17.9 Å². The van der Waals surface area contributed by atoms with Crippen LogP contribution in [0.25, 0.3) is 0 Å². The van der Waals surface area contributed by atoms with Gasteiger partial charge in [0.1, 0.15) is 5.75 Å². The van der Waals surface area contributed by atoms with E-state index in [9.17, 15) is 9.59 Å². The van der Waals surface area contributed by atoms with Gasteiger partial charge >= 0.3 is 5.97 Å². The zero-order valence-electron chi connectivity index (χ0n) is 13.2. The van der Waals surface area contributed by atoms with E-state index >= 15 is 0 Å². The number of hydrogen-bond donors (Lipinski definition) is 1. The molecule has 1 N–H and O–H groups in total. The Morgan fingerprint density at radius 1 is 1.04 bits per heavy atom. The summed E-state index contributed by atoms with van der Waals surface area (Å²) < 4.78 is 10.2. The minimum atomic E-state index is -0.504. The number of nitrogens with one attached hydrogen (secondary N) is 1. The van der Waals surface area contributed by atoms with Crippen LogP contribution in [0.4, 0.5) is 0 Å². The summed E-state index contributed by atoms with van der Waals surface area (Å²) in [5, 5.41) is 2.70. The molecule has 0 spiro atoms. The Morgan fingerprint density at radius 2 is 1.74 bits per heavy atom. The van der Waals surface area contributed by atoms with Gasteiger partial charge in [0.2, 0.25) is 0 Å². The Kier molecular flexibility index (Phi) is 5.74. The molecule has 1 amide bonds. The van der Waals surface area contributed by atoms with Crippen LogP contribution in [0.1, 0.15) is 21.5 Å². The molecule has 0 heterocycles. The summed E-state index contributed by atoms with van der Waals surface area (Å²) >= 11 is 0. The van der Waals surface area contributed by atoms with Gasteiger partial charge in [-0.15, -0.1) is 0 Å². The summed E-state index contributed by atoms with van der Waals surface area (Å²) in [7, 11) is 1.57. The molecule has 0 bridgehead atoms. The summed E-state index contributed by atoms with van der Waals surface area (Å²) in [4.78, 5) is 23.7. The molecule has 0 aliphatic rings. The average Bonchev–Trinajstić information content (AvgIpc) is 2.58. The van der Waals surface area contributed by atoms with Crippen molar-refractivity contribution in [3.05, 3.63) is 65.2 Å². The van der Waals surface area contributed by atoms with E-state index < -0.39 is 5.97 Å². The molecule has 120 valence electrons. The van der Waals surface area contributed by atoms with Crippen molar-refractivity contribution < 1.29 is 19.1 Å². The number of carbonyl (C=O) groups excluding carboxylic acids is 2. The number of rotatable bonds is 6. The minimum absolute atomic E-state index is 0.310. The van der Waals surface area contributed by atoms with Crippen LogP contribution in [0.5, 0.6) is 5.75 Å². The van der Waals surface area contributed by atoms with Gasteiger partial charge in [0.15, 0.2) is 6.61 Å². The monoisotopic (exact) mass is 313 g/mol. The summed E-state index contributed by atoms with van der Waals surface area (Å²) in [6.07, 6.45) is 0. The van der Waals surface area contributed by atoms with Crippen molar-refractivity contribution in [2.75, 3.05) is 13.7 Å². The van der Waals surface area contributed by atoms with Crippen molar-refractivity contribution in [3.8, 4) is 5.75 Å². The Balaban J connectivity index is 1.84. The van der Waals surface area contributed by atoms with Crippen LogP contribution in [0.15, 0.2) is 48.5 Å². The molecule has 0 saturated heterocycles. The minimum Gasteiger partial charge on any atom is -0.496 e. The van der Waals surface area contributed by atoms with Crippen molar-refractivity contribution in [3.63, 3.8) is 0 Å². The Bertz CT molecular complexity index is 697. The SMILES string of the molecule is COc1ccccc1CNC(=O)COC(=O)c1ccccc1C. The lowest BCUT2D eigenvalue weighted by atomic mass is 10.1. The van der Waals surface area contributed by atoms with Gasteiger partial charge < -0.3 is 14.8 Å². The number of benzene rings is 2. The van der Waals surface area contributed by atoms with Gasteiger partial charge in [-0.1, -0.05) is 36.4 Å². The molecule has 2 aromatic carbocycles. The third kappa shape index (κ3) is 4.57. The molecule has 0 fully saturated rings. The quantitative estimate of drug-likeness (QED) is 0.832. The van der Waals surface area contributed by atoms with E-state index in [4.69, 9.17) is 9.47 Å². The number of methoxy groups -OCH3 is 1. The normalized spacial score (nSPS) is 10.0. The molecule has 0 unspecified atom stereocenters. The summed E-state index contributed by atoms with van der Waals surface area (Å²) in [6, 6.07) is 14.5. The van der Waals surface area contributed by atoms with Crippen LogP contribution >= 0.6 is 0 Å². The first kappa shape index (κ1) is 16.5. The lowest BCUT2D eigenvalue weighted by Gasteiger charge is -2.10. The molecular formula is C18H19NO4. The van der Waals surface area contributed by atoms with Gasteiger partial charge in [-0.05, 0) is 24.6 Å².